The van der Waals surface area contributed by atoms with Crippen molar-refractivity contribution in [3.63, 3.8) is 0 Å². The van der Waals surface area contributed by atoms with Crippen LogP contribution in [0.3, 0.4) is 0 Å². The third-order valence-corrected chi connectivity index (χ3v) is 9.42. The number of aromatic nitrogens is 4. The van der Waals surface area contributed by atoms with E-state index in [1.807, 2.05) is 33.9 Å². The van der Waals surface area contributed by atoms with Crippen LogP contribution in [0.2, 0.25) is 0 Å². The molecule has 0 amide bonds. The first-order chi connectivity index (χ1) is 23.8. The maximum Gasteiger partial charge on any atom is 0.459 e. The molecule has 15 nitrogen and oxygen atoms in total. The number of nitrogens with one attached hydrogen (secondary N) is 2. The van der Waals surface area contributed by atoms with Crippen LogP contribution in [0.1, 0.15) is 46.8 Å². The highest BCUT2D eigenvalue weighted by Gasteiger charge is 2.58. The number of hydrogen-bond acceptors (Lipinski definition) is 11. The highest BCUT2D eigenvalue weighted by atomic mass is 31.2. The van der Waals surface area contributed by atoms with E-state index in [1.165, 1.54) is 19.1 Å². The van der Waals surface area contributed by atoms with Gasteiger partial charge in [-0.05, 0) is 64.4 Å². The second-order valence-corrected chi connectivity index (χ2v) is 13.9. The highest BCUT2D eigenvalue weighted by Crippen LogP contribution is 2.48. The van der Waals surface area contributed by atoms with Gasteiger partial charge in [-0.2, -0.15) is 5.09 Å². The van der Waals surface area contributed by atoms with Crippen LogP contribution in [0.5, 0.6) is 5.75 Å². The lowest BCUT2D eigenvalue weighted by molar-refractivity contribution is -0.158. The molecule has 1 aromatic carbocycles. The van der Waals surface area contributed by atoms with Crippen molar-refractivity contribution in [3.8, 4) is 5.75 Å². The number of carbonyl (C=O) groups excluding carboxylic acids is 2. The van der Waals surface area contributed by atoms with Gasteiger partial charge in [0.1, 0.15) is 23.5 Å². The van der Waals surface area contributed by atoms with Crippen molar-refractivity contribution in [2.24, 2.45) is 0 Å². The molecule has 1 aliphatic rings. The number of rotatable bonds is 15. The first-order valence-corrected chi connectivity index (χ1v) is 17.5. The zero-order valence-electron chi connectivity index (χ0n) is 27.9. The van der Waals surface area contributed by atoms with Crippen molar-refractivity contribution in [3.05, 3.63) is 94.0 Å². The van der Waals surface area contributed by atoms with Crippen molar-refractivity contribution < 1.29 is 41.8 Å². The molecule has 4 heterocycles. The summed E-state index contributed by atoms with van der Waals surface area (Å²) in [4.78, 5) is 56.5. The highest BCUT2D eigenvalue weighted by molar-refractivity contribution is 7.52. The number of para-hydroxylation sites is 1. The minimum atomic E-state index is -4.44. The number of H-pyrrole nitrogens is 1. The minimum absolute atomic E-state index is 0.109. The third-order valence-electron chi connectivity index (χ3n) is 7.78. The van der Waals surface area contributed by atoms with Crippen LogP contribution in [0, 0.1) is 0 Å². The zero-order chi connectivity index (χ0) is 36.1. The van der Waals surface area contributed by atoms with E-state index in [9.17, 15) is 23.7 Å². The molecule has 0 spiro atoms. The molecule has 0 saturated carbocycles. The Hall–Kier alpha value is -4.63. The summed E-state index contributed by atoms with van der Waals surface area (Å²) in [5, 5.41) is 3.47. The van der Waals surface area contributed by atoms with Gasteiger partial charge in [0, 0.05) is 43.0 Å². The summed E-state index contributed by atoms with van der Waals surface area (Å²) < 4.78 is 61.7. The molecule has 4 aromatic rings. The van der Waals surface area contributed by atoms with Crippen LogP contribution in [0.25, 0.3) is 11.0 Å². The van der Waals surface area contributed by atoms with Gasteiger partial charge in [-0.25, -0.2) is 18.7 Å². The van der Waals surface area contributed by atoms with Gasteiger partial charge in [0.15, 0.2) is 18.0 Å². The van der Waals surface area contributed by atoms with E-state index in [0.29, 0.717) is 13.0 Å². The molecule has 1 saturated heterocycles. The number of esters is 2. The summed E-state index contributed by atoms with van der Waals surface area (Å²) >= 11 is 0. The fourth-order valence-corrected chi connectivity index (χ4v) is 6.94. The SMILES string of the molecule is CC(C)OC(=O)[C@H](C)N[P@](=O)(OC[C@H]1O[C@@H](n2ccc(=O)[nH]c2=O)[C@](C)(F)[C@@H]1OC(=O)CCCn1ccc2cccnc21)Oc1ccccc1. The first kappa shape index (κ1) is 36.6. The van der Waals surface area contributed by atoms with Crippen LogP contribution in [-0.4, -0.2) is 67.7 Å². The number of ether oxygens (including phenoxy) is 3. The molecule has 6 atom stereocenters. The second-order valence-electron chi connectivity index (χ2n) is 12.2. The van der Waals surface area contributed by atoms with E-state index in [0.717, 1.165) is 34.8 Å². The van der Waals surface area contributed by atoms with Gasteiger partial charge in [0.25, 0.3) is 5.56 Å². The van der Waals surface area contributed by atoms with E-state index in [4.69, 9.17) is 23.3 Å². The van der Waals surface area contributed by atoms with Crippen molar-refractivity contribution in [2.45, 2.75) is 83.3 Å². The lowest BCUT2D eigenvalue weighted by atomic mass is 9.98. The van der Waals surface area contributed by atoms with E-state index in [1.54, 1.807) is 38.2 Å². The van der Waals surface area contributed by atoms with Crippen LogP contribution < -0.4 is 20.9 Å². The summed E-state index contributed by atoms with van der Waals surface area (Å²) in [6.07, 6.45) is -0.495. The molecular formula is C33H39FN5O10P. The summed E-state index contributed by atoms with van der Waals surface area (Å²) in [5.41, 5.74) is -3.50. The van der Waals surface area contributed by atoms with Gasteiger partial charge in [0.05, 0.1) is 12.7 Å². The molecule has 5 rings (SSSR count). The predicted molar refractivity (Wildman–Crippen MR) is 178 cm³/mol. The Morgan fingerprint density at radius 1 is 1.10 bits per heavy atom. The average molecular weight is 716 g/mol. The maximum absolute atomic E-state index is 16.7. The summed E-state index contributed by atoms with van der Waals surface area (Å²) in [6, 6.07) is 13.5. The Morgan fingerprint density at radius 3 is 2.58 bits per heavy atom. The largest absolute Gasteiger partial charge is 0.462 e. The standard InChI is InChI=1S/C33H39FN5O10P/c1-21(2)46-30(42)22(3)37-50(44,49-24-11-6-5-7-12-24)45-20-25-28(33(4,34)31(47-25)39-19-15-26(40)36-32(39)43)48-27(41)13-9-17-38-18-14-23-10-8-16-35-29(23)38/h5-8,10-12,14-16,18-19,21-22,25,28,31H,9,13,17,20H2,1-4H3,(H,37,44)(H,36,40,43)/t22-,25+,28+,31+,33+,50-/m0/s1. The number of halogens is 1. The summed E-state index contributed by atoms with van der Waals surface area (Å²) in [5.74, 6) is -1.37. The normalized spacial score (nSPS) is 22.2. The molecule has 268 valence electrons. The number of nitrogens with zero attached hydrogens (tertiary/aromatic N) is 3. The van der Waals surface area contributed by atoms with Crippen molar-refractivity contribution >= 4 is 30.7 Å². The maximum atomic E-state index is 16.7. The van der Waals surface area contributed by atoms with Crippen LogP contribution in [0.4, 0.5) is 4.39 Å². The number of benzene rings is 1. The van der Waals surface area contributed by atoms with Crippen molar-refractivity contribution in [1.82, 2.24) is 24.2 Å². The number of alkyl halides is 1. The Bertz CT molecular complexity index is 1960. The summed E-state index contributed by atoms with van der Waals surface area (Å²) in [6.45, 7) is 5.52. The summed E-state index contributed by atoms with van der Waals surface area (Å²) in [7, 11) is -4.44. The molecule has 3 aromatic heterocycles. The fraction of sp³-hybridized carbons (Fsp3) is 0.424. The first-order valence-electron chi connectivity index (χ1n) is 16.0. The zero-order valence-corrected chi connectivity index (χ0v) is 28.8. The Labute approximate surface area is 286 Å². The van der Waals surface area contributed by atoms with Crippen LogP contribution >= 0.6 is 7.75 Å². The number of fused-ring (bicyclic) bond motifs is 1. The van der Waals surface area contributed by atoms with Crippen molar-refractivity contribution in [2.75, 3.05) is 6.61 Å². The van der Waals surface area contributed by atoms with Gasteiger partial charge in [0.2, 0.25) is 0 Å². The second kappa shape index (κ2) is 15.5. The molecule has 1 fully saturated rings. The molecule has 0 aliphatic carbocycles. The number of aryl methyl sites for hydroxylation is 1. The molecule has 17 heteroatoms. The Balaban J connectivity index is 1.36. The molecular weight excluding hydrogens is 676 g/mol. The average Bonchev–Trinajstić information content (AvgIpc) is 3.57. The number of pyridine rings is 1. The van der Waals surface area contributed by atoms with Gasteiger partial charge >= 0.3 is 25.4 Å². The molecule has 50 heavy (non-hydrogen) atoms. The van der Waals surface area contributed by atoms with Gasteiger partial charge in [-0.3, -0.25) is 28.5 Å². The number of carbonyl (C=O) groups is 2. The third kappa shape index (κ3) is 8.74. The Kier molecular flexibility index (Phi) is 11.4. The molecule has 0 radical (unpaired) electrons. The van der Waals surface area contributed by atoms with Crippen LogP contribution in [-0.2, 0) is 39.4 Å². The quantitative estimate of drug-likeness (QED) is 0.133. The lowest BCUT2D eigenvalue weighted by Crippen LogP contribution is -2.46. The topological polar surface area (TPSA) is 182 Å². The molecule has 0 unspecified atom stereocenters. The van der Waals surface area contributed by atoms with Gasteiger partial charge < -0.3 is 23.3 Å². The fourth-order valence-electron chi connectivity index (χ4n) is 5.44. The van der Waals surface area contributed by atoms with E-state index in [2.05, 4.69) is 10.1 Å². The van der Waals surface area contributed by atoms with Crippen LogP contribution in [0.15, 0.2) is 82.8 Å². The monoisotopic (exact) mass is 715 g/mol. The van der Waals surface area contributed by atoms with Gasteiger partial charge in [-0.15, -0.1) is 0 Å². The van der Waals surface area contributed by atoms with E-state index in [-0.39, 0.29) is 12.2 Å². The lowest BCUT2D eigenvalue weighted by Gasteiger charge is -2.28. The number of hydrogen-bond donors (Lipinski definition) is 2. The van der Waals surface area contributed by atoms with Gasteiger partial charge in [-0.1, -0.05) is 18.2 Å². The molecule has 0 bridgehead atoms. The predicted octanol–water partition coefficient (Wildman–Crippen LogP) is 4.04. The van der Waals surface area contributed by atoms with E-state index >= 15 is 4.39 Å². The Morgan fingerprint density at radius 2 is 1.86 bits per heavy atom. The smallest absolute Gasteiger partial charge is 0.459 e. The van der Waals surface area contributed by atoms with Crippen molar-refractivity contribution in [1.29, 1.82) is 0 Å². The molecule has 2 N–H and O–H groups in total. The number of aromatic amines is 1. The molecule has 1 aliphatic heterocycles. The minimum Gasteiger partial charge on any atom is -0.462 e. The van der Waals surface area contributed by atoms with E-state index < -0.39 is 73.8 Å².